The van der Waals surface area contributed by atoms with Gasteiger partial charge >= 0.3 is 0 Å². The molecule has 0 N–H and O–H groups in total. The highest BCUT2D eigenvalue weighted by atomic mass is 15.1. The quantitative estimate of drug-likeness (QED) is 0.426. The van der Waals surface area contributed by atoms with Gasteiger partial charge < -0.3 is 0 Å². The SMILES string of the molecule is C1=[N+]C=c2cnncc2=C1. The van der Waals surface area contributed by atoms with Crippen LogP contribution in [0.2, 0.25) is 0 Å². The summed E-state index contributed by atoms with van der Waals surface area (Å²) < 4.78 is 0. The van der Waals surface area contributed by atoms with E-state index in [-0.39, 0.29) is 0 Å². The molecule has 0 atom stereocenters. The summed E-state index contributed by atoms with van der Waals surface area (Å²) in [5.41, 5.74) is 0. The molecule has 0 saturated carbocycles. The molecule has 2 rings (SSSR count). The van der Waals surface area contributed by atoms with E-state index in [1.807, 2.05) is 6.08 Å². The van der Waals surface area contributed by atoms with E-state index in [2.05, 4.69) is 15.2 Å². The highest BCUT2D eigenvalue weighted by Gasteiger charge is 1.94. The molecular formula is C7H5N3+. The molecule has 1 aromatic heterocycles. The molecule has 10 heavy (non-hydrogen) atoms. The van der Waals surface area contributed by atoms with Gasteiger partial charge in [0.25, 0.3) is 6.20 Å². The van der Waals surface area contributed by atoms with E-state index < -0.39 is 0 Å². The van der Waals surface area contributed by atoms with Crippen molar-refractivity contribution in [3.63, 3.8) is 0 Å². The predicted octanol–water partition coefficient (Wildman–Crippen LogP) is -1.58. The van der Waals surface area contributed by atoms with Crippen molar-refractivity contribution in [2.75, 3.05) is 0 Å². The van der Waals surface area contributed by atoms with Crippen molar-refractivity contribution < 1.29 is 0 Å². The standard InChI is InChI=1S/C7H5N3/c1-2-8-3-7-5-10-9-4-6(1)7/h1-5H/q+1. The van der Waals surface area contributed by atoms with Crippen molar-refractivity contribution in [1.29, 1.82) is 0 Å². The maximum Gasteiger partial charge on any atom is 0.251 e. The normalized spacial score (nSPS) is 13.2. The molecule has 0 spiro atoms. The third-order valence-corrected chi connectivity index (χ3v) is 1.35. The molecule has 3 nitrogen and oxygen atoms in total. The van der Waals surface area contributed by atoms with E-state index in [4.69, 9.17) is 0 Å². The highest BCUT2D eigenvalue weighted by molar-refractivity contribution is 5.92. The van der Waals surface area contributed by atoms with Crippen molar-refractivity contribution in [2.45, 2.75) is 0 Å². The highest BCUT2D eigenvalue weighted by Crippen LogP contribution is 1.63. The summed E-state index contributed by atoms with van der Waals surface area (Å²) in [7, 11) is 0. The van der Waals surface area contributed by atoms with Gasteiger partial charge in [0.05, 0.1) is 22.6 Å². The lowest BCUT2D eigenvalue weighted by Gasteiger charge is -1.82. The van der Waals surface area contributed by atoms with Gasteiger partial charge in [-0.05, 0) is 0 Å². The number of fused-ring (bicyclic) bond motifs is 1. The monoisotopic (exact) mass is 131 g/mol. The van der Waals surface area contributed by atoms with Crippen LogP contribution in [-0.2, 0) is 0 Å². The summed E-state index contributed by atoms with van der Waals surface area (Å²) in [4.78, 5) is 3.95. The molecule has 0 bridgehead atoms. The summed E-state index contributed by atoms with van der Waals surface area (Å²) in [6.45, 7) is 0. The number of rotatable bonds is 0. The third kappa shape index (κ3) is 0.719. The van der Waals surface area contributed by atoms with Crippen LogP contribution in [0.25, 0.3) is 12.3 Å². The number of aromatic nitrogens is 2. The number of aliphatic imine (C=N–C) groups is 1. The van der Waals surface area contributed by atoms with Crippen LogP contribution in [0.5, 0.6) is 0 Å². The number of hydrogen-bond donors (Lipinski definition) is 0. The van der Waals surface area contributed by atoms with Crippen LogP contribution in [0.4, 0.5) is 0 Å². The Kier molecular flexibility index (Phi) is 1.07. The summed E-state index contributed by atoms with van der Waals surface area (Å²) >= 11 is 0. The zero-order valence-electron chi connectivity index (χ0n) is 5.23. The van der Waals surface area contributed by atoms with Gasteiger partial charge in [-0.15, -0.1) is 0 Å². The molecule has 1 aliphatic rings. The first kappa shape index (κ1) is 5.29. The molecule has 0 amide bonds. The summed E-state index contributed by atoms with van der Waals surface area (Å²) in [6.07, 6.45) is 8.83. The van der Waals surface area contributed by atoms with Crippen molar-refractivity contribution in [3.8, 4) is 0 Å². The second-order valence-electron chi connectivity index (χ2n) is 1.99. The van der Waals surface area contributed by atoms with E-state index >= 15 is 0 Å². The van der Waals surface area contributed by atoms with Gasteiger partial charge in [-0.1, -0.05) is 0 Å². The Bertz CT molecular complexity index is 341. The van der Waals surface area contributed by atoms with Gasteiger partial charge in [-0.2, -0.15) is 10.2 Å². The average molecular weight is 131 g/mol. The summed E-state index contributed by atoms with van der Waals surface area (Å²) in [6, 6.07) is 0. The van der Waals surface area contributed by atoms with E-state index in [9.17, 15) is 0 Å². The number of hydrogen-bond acceptors (Lipinski definition) is 3. The van der Waals surface area contributed by atoms with Crippen LogP contribution in [0, 0.1) is 0 Å². The Morgan fingerprint density at radius 3 is 2.70 bits per heavy atom. The van der Waals surface area contributed by atoms with Gasteiger partial charge in [0.2, 0.25) is 6.21 Å². The Labute approximate surface area is 57.4 Å². The molecule has 0 aliphatic carbocycles. The first-order valence-corrected chi connectivity index (χ1v) is 2.97. The third-order valence-electron chi connectivity index (χ3n) is 1.35. The number of nitrogens with zero attached hydrogens (tertiary/aromatic N) is 3. The lowest BCUT2D eigenvalue weighted by molar-refractivity contribution is 1.00. The van der Waals surface area contributed by atoms with Gasteiger partial charge in [0, 0.05) is 11.3 Å². The topological polar surface area (TPSA) is 39.9 Å². The molecule has 3 heteroatoms. The smallest absolute Gasteiger partial charge is 0.158 e. The predicted molar refractivity (Wildman–Crippen MR) is 38.4 cm³/mol. The maximum absolute atomic E-state index is 3.95. The molecule has 2 heterocycles. The largest absolute Gasteiger partial charge is 0.251 e. The van der Waals surface area contributed by atoms with Crippen LogP contribution in [-0.4, -0.2) is 16.4 Å². The summed E-state index contributed by atoms with van der Waals surface area (Å²) in [5.74, 6) is 0. The van der Waals surface area contributed by atoms with Gasteiger partial charge in [0.1, 0.15) is 0 Å². The zero-order valence-corrected chi connectivity index (χ0v) is 5.23. The maximum atomic E-state index is 3.95. The van der Waals surface area contributed by atoms with Crippen molar-refractivity contribution in [2.24, 2.45) is 0 Å². The molecule has 0 unspecified atom stereocenters. The molecular weight excluding hydrogens is 126 g/mol. The van der Waals surface area contributed by atoms with Crippen LogP contribution in [0.3, 0.4) is 0 Å². The molecule has 0 saturated heterocycles. The fourth-order valence-electron chi connectivity index (χ4n) is 0.834. The minimum Gasteiger partial charge on any atom is -0.158 e. The van der Waals surface area contributed by atoms with Crippen LogP contribution >= 0.6 is 0 Å². The van der Waals surface area contributed by atoms with Gasteiger partial charge in [-0.25, -0.2) is 0 Å². The molecule has 0 aromatic carbocycles. The van der Waals surface area contributed by atoms with Crippen molar-refractivity contribution in [3.05, 3.63) is 22.8 Å². The van der Waals surface area contributed by atoms with E-state index in [0.29, 0.717) is 0 Å². The Morgan fingerprint density at radius 2 is 1.90 bits per heavy atom. The van der Waals surface area contributed by atoms with Crippen molar-refractivity contribution in [1.82, 2.24) is 15.2 Å². The molecule has 1 radical (unpaired) electrons. The summed E-state index contributed by atoms with van der Waals surface area (Å²) in [5, 5.41) is 9.56. The first-order chi connectivity index (χ1) is 4.97. The second kappa shape index (κ2) is 2.02. The minimum absolute atomic E-state index is 1.03. The van der Waals surface area contributed by atoms with Crippen LogP contribution in [0.1, 0.15) is 0 Å². The molecule has 1 aromatic rings. The van der Waals surface area contributed by atoms with Crippen LogP contribution < -0.4 is 15.4 Å². The van der Waals surface area contributed by atoms with E-state index in [0.717, 1.165) is 10.4 Å². The minimum atomic E-state index is 1.03. The van der Waals surface area contributed by atoms with E-state index in [1.54, 1.807) is 24.8 Å². The fraction of sp³-hybridized carbons (Fsp3) is 0. The lowest BCUT2D eigenvalue weighted by atomic mass is 10.3. The Hall–Kier alpha value is -1.51. The van der Waals surface area contributed by atoms with Crippen molar-refractivity contribution >= 4 is 18.5 Å². The lowest BCUT2D eigenvalue weighted by Crippen LogP contribution is -2.28. The fourth-order valence-corrected chi connectivity index (χ4v) is 0.834. The first-order valence-electron chi connectivity index (χ1n) is 2.97. The van der Waals surface area contributed by atoms with Gasteiger partial charge in [0.15, 0.2) is 0 Å². The Balaban J connectivity index is 2.92. The zero-order chi connectivity index (χ0) is 6.81. The molecule has 47 valence electrons. The molecule has 1 aliphatic heterocycles. The Morgan fingerprint density at radius 1 is 1.10 bits per heavy atom. The molecule has 0 fully saturated rings. The van der Waals surface area contributed by atoms with Gasteiger partial charge in [-0.3, -0.25) is 0 Å². The van der Waals surface area contributed by atoms with E-state index in [1.165, 1.54) is 0 Å². The average Bonchev–Trinajstić information content (AvgIpc) is 2.05. The van der Waals surface area contributed by atoms with Crippen LogP contribution in [0.15, 0.2) is 12.4 Å². The second-order valence-corrected chi connectivity index (χ2v) is 1.99.